The molecule has 0 aromatic rings. The van der Waals surface area contributed by atoms with Crippen LogP contribution in [0.1, 0.15) is 59.8 Å². The third-order valence-corrected chi connectivity index (χ3v) is 7.62. The Balaban J connectivity index is 6.12. The number of aliphatic hydroxyl groups excluding tert-OH is 3. The number of nitrogens with zero attached hydrogens (tertiary/aromatic N) is 1. The van der Waals surface area contributed by atoms with Crippen LogP contribution in [0, 0.1) is 5.92 Å². The lowest BCUT2D eigenvalue weighted by molar-refractivity contribution is -0.146. The van der Waals surface area contributed by atoms with Crippen LogP contribution < -0.4 is 54.8 Å². The minimum absolute atomic E-state index is 0.0586. The largest absolute Gasteiger partial charge is 0.481 e. The Bertz CT molecular complexity index is 1440. The van der Waals surface area contributed by atoms with Crippen molar-refractivity contribution in [2.45, 2.75) is 114 Å². The van der Waals surface area contributed by atoms with Crippen LogP contribution in [0.4, 0.5) is 0 Å². The summed E-state index contributed by atoms with van der Waals surface area (Å²) in [5.41, 5.74) is 21.5. The summed E-state index contributed by atoms with van der Waals surface area (Å²) in [5, 5.41) is 61.1. The van der Waals surface area contributed by atoms with Crippen LogP contribution >= 0.6 is 0 Å². The minimum Gasteiger partial charge on any atom is -0.481 e. The number of amides is 7. The molecule has 0 aromatic heterocycles. The zero-order valence-electron chi connectivity index (χ0n) is 31.4. The van der Waals surface area contributed by atoms with Gasteiger partial charge in [0.25, 0.3) is 0 Å². The van der Waals surface area contributed by atoms with Gasteiger partial charge < -0.3 is 80.4 Å². The number of carboxylic acid groups (broad SMARTS) is 2. The van der Waals surface area contributed by atoms with Gasteiger partial charge in [0, 0.05) is 6.54 Å². The zero-order chi connectivity index (χ0) is 43.4. The van der Waals surface area contributed by atoms with Crippen LogP contribution in [0.5, 0.6) is 0 Å². The van der Waals surface area contributed by atoms with Gasteiger partial charge in [0.05, 0.1) is 37.7 Å². The number of primary amides is 1. The summed E-state index contributed by atoms with van der Waals surface area (Å²) in [6, 6.07) is -11.9. The van der Waals surface area contributed by atoms with Crippen molar-refractivity contribution in [3.05, 3.63) is 0 Å². The number of hydrogen-bond acceptors (Lipinski definition) is 14. The fourth-order valence-corrected chi connectivity index (χ4v) is 4.73. The van der Waals surface area contributed by atoms with Crippen molar-refractivity contribution in [1.29, 1.82) is 0 Å². The maximum Gasteiger partial charge on any atom is 0.328 e. The van der Waals surface area contributed by atoms with Crippen molar-refractivity contribution < 1.29 is 68.7 Å². The molecule has 19 N–H and O–H groups in total. The standard InChI is InChI=1S/C31H55N11O14/c1-12(2)8-16(27(52)41-22(13(3)44)29(54)42-23(14(4)45)30(55)56)37-25(50)17(9-20(33)46)38-26(51)18(10-21(47)48)39-28(53)19(11-43)40-24(49)15(32)6-5-7-36-31(34)35/h12-19,22-23,43-45H,5-11,32H2,1-4H3,(H2,33,46)(H,37,50)(H,38,51)(H,39,53)(H,40,49)(H,41,52)(H,42,54)(H,47,48)(H,55,56)(H4,34,35,36)/t13-,14-,15+,16+,17+,18+,19+,22+,23+/m1/s1. The summed E-state index contributed by atoms with van der Waals surface area (Å²) >= 11 is 0. The summed E-state index contributed by atoms with van der Waals surface area (Å²) in [7, 11) is 0. The van der Waals surface area contributed by atoms with E-state index in [-0.39, 0.29) is 37.7 Å². The summed E-state index contributed by atoms with van der Waals surface area (Å²) < 4.78 is 0. The summed E-state index contributed by atoms with van der Waals surface area (Å²) in [6.45, 7) is 4.56. The Labute approximate surface area is 321 Å². The van der Waals surface area contributed by atoms with Gasteiger partial charge in [-0.1, -0.05) is 13.8 Å². The molecule has 7 amide bonds. The number of rotatable bonds is 26. The smallest absolute Gasteiger partial charge is 0.328 e. The van der Waals surface area contributed by atoms with E-state index in [2.05, 4.69) is 26.3 Å². The highest BCUT2D eigenvalue weighted by Crippen LogP contribution is 2.09. The van der Waals surface area contributed by atoms with Crippen molar-refractivity contribution >= 4 is 59.2 Å². The first kappa shape index (κ1) is 50.3. The molecule has 0 aliphatic carbocycles. The number of carbonyl (C=O) groups excluding carboxylic acids is 7. The fraction of sp³-hybridized carbons (Fsp3) is 0.677. The second-order valence-corrected chi connectivity index (χ2v) is 13.2. The number of aliphatic hydroxyl groups is 3. The summed E-state index contributed by atoms with van der Waals surface area (Å²) in [5.74, 6) is -11.9. The first-order chi connectivity index (χ1) is 25.9. The second-order valence-electron chi connectivity index (χ2n) is 13.2. The van der Waals surface area contributed by atoms with E-state index >= 15 is 0 Å². The molecule has 56 heavy (non-hydrogen) atoms. The number of carboxylic acids is 2. The van der Waals surface area contributed by atoms with E-state index in [4.69, 9.17) is 22.9 Å². The van der Waals surface area contributed by atoms with Crippen molar-refractivity contribution in [3.8, 4) is 0 Å². The SMILES string of the molecule is CC(C)C[C@H](NC(=O)[C@H](CC(N)=O)NC(=O)[C@H](CC(=O)O)NC(=O)[C@H](CO)NC(=O)[C@@H](N)CCCN=C(N)N)C(=O)N[C@H](C(=O)N[C@H](C(=O)O)[C@@H](C)O)[C@@H](C)O. The van der Waals surface area contributed by atoms with Gasteiger partial charge in [-0.25, -0.2) is 4.79 Å². The minimum atomic E-state index is -1.97. The van der Waals surface area contributed by atoms with Gasteiger partial charge in [0.2, 0.25) is 41.4 Å². The van der Waals surface area contributed by atoms with Crippen LogP contribution in [-0.2, 0) is 43.2 Å². The quantitative estimate of drug-likeness (QED) is 0.0219. The maximum absolute atomic E-state index is 13.4. The zero-order valence-corrected chi connectivity index (χ0v) is 31.4. The fourth-order valence-electron chi connectivity index (χ4n) is 4.73. The molecule has 25 nitrogen and oxygen atoms in total. The number of aliphatic carboxylic acids is 2. The van der Waals surface area contributed by atoms with Gasteiger partial charge in [-0.3, -0.25) is 43.3 Å². The lowest BCUT2D eigenvalue weighted by atomic mass is 10.0. The molecule has 0 saturated carbocycles. The predicted octanol–water partition coefficient (Wildman–Crippen LogP) is -7.49. The lowest BCUT2D eigenvalue weighted by Gasteiger charge is -2.28. The molecule has 0 bridgehead atoms. The van der Waals surface area contributed by atoms with Crippen LogP contribution in [0.15, 0.2) is 4.99 Å². The lowest BCUT2D eigenvalue weighted by Crippen LogP contribution is -2.62. The van der Waals surface area contributed by atoms with Crippen LogP contribution in [0.3, 0.4) is 0 Å². The van der Waals surface area contributed by atoms with Crippen molar-refractivity contribution in [2.75, 3.05) is 13.2 Å². The summed E-state index contributed by atoms with van der Waals surface area (Å²) in [4.78, 5) is 117. The summed E-state index contributed by atoms with van der Waals surface area (Å²) in [6.07, 6.45) is -5.02. The molecule has 0 spiro atoms. The Kier molecular flexibility index (Phi) is 22.2. The van der Waals surface area contributed by atoms with E-state index in [0.29, 0.717) is 0 Å². The molecular formula is C31H55N11O14. The number of nitrogens with two attached hydrogens (primary N) is 4. The number of guanidine groups is 1. The predicted molar refractivity (Wildman–Crippen MR) is 193 cm³/mol. The van der Waals surface area contributed by atoms with E-state index in [1.807, 2.05) is 10.6 Å². The van der Waals surface area contributed by atoms with Gasteiger partial charge in [-0.15, -0.1) is 0 Å². The van der Waals surface area contributed by atoms with E-state index in [1.54, 1.807) is 13.8 Å². The molecule has 25 heteroatoms. The van der Waals surface area contributed by atoms with E-state index in [1.165, 1.54) is 0 Å². The van der Waals surface area contributed by atoms with Crippen LogP contribution in [0.25, 0.3) is 0 Å². The molecule has 0 saturated heterocycles. The number of nitrogens with one attached hydrogen (secondary N) is 6. The molecule has 0 aromatic carbocycles. The number of aliphatic imine (C=N–C) groups is 1. The molecule has 0 fully saturated rings. The Morgan fingerprint density at radius 2 is 1.05 bits per heavy atom. The molecular weight excluding hydrogens is 750 g/mol. The molecule has 9 atom stereocenters. The van der Waals surface area contributed by atoms with Crippen LogP contribution in [0.2, 0.25) is 0 Å². The molecule has 0 heterocycles. The van der Waals surface area contributed by atoms with E-state index in [0.717, 1.165) is 13.8 Å². The monoisotopic (exact) mass is 805 g/mol. The highest BCUT2D eigenvalue weighted by atomic mass is 16.4. The highest BCUT2D eigenvalue weighted by molar-refractivity contribution is 5.99. The third-order valence-electron chi connectivity index (χ3n) is 7.62. The Morgan fingerprint density at radius 1 is 0.607 bits per heavy atom. The van der Waals surface area contributed by atoms with Gasteiger partial charge in [-0.2, -0.15) is 0 Å². The average Bonchev–Trinajstić information content (AvgIpc) is 3.07. The maximum atomic E-state index is 13.4. The first-order valence-electron chi connectivity index (χ1n) is 17.2. The van der Waals surface area contributed by atoms with Crippen LogP contribution in [-0.4, -0.2) is 152 Å². The third kappa shape index (κ3) is 19.1. The second kappa shape index (κ2) is 24.7. The average molecular weight is 806 g/mol. The molecule has 0 unspecified atom stereocenters. The van der Waals surface area contributed by atoms with Gasteiger partial charge >= 0.3 is 11.9 Å². The van der Waals surface area contributed by atoms with Gasteiger partial charge in [0.1, 0.15) is 30.2 Å². The number of hydrogen-bond donors (Lipinski definition) is 15. The van der Waals surface area contributed by atoms with Crippen molar-refractivity contribution in [3.63, 3.8) is 0 Å². The Morgan fingerprint density at radius 3 is 1.48 bits per heavy atom. The molecule has 0 rings (SSSR count). The van der Waals surface area contributed by atoms with Gasteiger partial charge in [0.15, 0.2) is 12.0 Å². The topological polar surface area (TPSA) is 443 Å². The number of carbonyl (C=O) groups is 9. The normalized spacial score (nSPS) is 15.8. The Hall–Kier alpha value is -5.66. The van der Waals surface area contributed by atoms with Crippen molar-refractivity contribution in [2.24, 2.45) is 33.8 Å². The molecule has 0 radical (unpaired) electrons. The first-order valence-corrected chi connectivity index (χ1v) is 17.2. The van der Waals surface area contributed by atoms with E-state index < -0.39 is 127 Å². The molecule has 0 aliphatic rings. The van der Waals surface area contributed by atoms with Gasteiger partial charge in [-0.05, 0) is 39.0 Å². The van der Waals surface area contributed by atoms with E-state index in [9.17, 15) is 68.7 Å². The molecule has 318 valence electrons. The highest BCUT2D eigenvalue weighted by Gasteiger charge is 2.36. The molecule has 0 aliphatic heterocycles. The van der Waals surface area contributed by atoms with Crippen molar-refractivity contribution in [1.82, 2.24) is 31.9 Å².